The molecule has 1 aromatic rings. The van der Waals surface area contributed by atoms with Crippen LogP contribution in [0.2, 0.25) is 0 Å². The van der Waals surface area contributed by atoms with Crippen LogP contribution in [0.1, 0.15) is 25.0 Å². The molecule has 1 atom stereocenters. The van der Waals surface area contributed by atoms with Gasteiger partial charge in [-0.15, -0.1) is 0 Å². The summed E-state index contributed by atoms with van der Waals surface area (Å²) < 4.78 is 5.36. The predicted molar refractivity (Wildman–Crippen MR) is 56.7 cm³/mol. The lowest BCUT2D eigenvalue weighted by Gasteiger charge is -2.11. The van der Waals surface area contributed by atoms with Gasteiger partial charge >= 0.3 is 0 Å². The number of aliphatic hydroxyl groups is 1. The molecule has 0 aliphatic carbocycles. The third-order valence-corrected chi connectivity index (χ3v) is 2.04. The lowest BCUT2D eigenvalue weighted by molar-refractivity contribution is 0.264. The highest BCUT2D eigenvalue weighted by Crippen LogP contribution is 2.15. The second kappa shape index (κ2) is 6.31. The molecule has 84 valence electrons. The monoisotopic (exact) mass is 211 g/mol. The van der Waals surface area contributed by atoms with Crippen molar-refractivity contribution in [2.24, 2.45) is 5.73 Å². The SMILES string of the molecule is CCCOc1cc(C(CN)CO)ncn1. The fraction of sp³-hybridized carbons (Fsp3) is 0.600. The average Bonchev–Trinajstić information content (AvgIpc) is 2.29. The summed E-state index contributed by atoms with van der Waals surface area (Å²) in [5, 5.41) is 9.07. The third-order valence-electron chi connectivity index (χ3n) is 2.04. The van der Waals surface area contributed by atoms with Gasteiger partial charge in [-0.3, -0.25) is 0 Å². The van der Waals surface area contributed by atoms with Crippen LogP contribution < -0.4 is 10.5 Å². The minimum Gasteiger partial charge on any atom is -0.478 e. The molecule has 0 spiro atoms. The van der Waals surface area contributed by atoms with Crippen molar-refractivity contribution in [3.63, 3.8) is 0 Å². The minimum absolute atomic E-state index is 0.0132. The highest BCUT2D eigenvalue weighted by Gasteiger charge is 2.11. The summed E-state index contributed by atoms with van der Waals surface area (Å²) in [6, 6.07) is 1.73. The maximum Gasteiger partial charge on any atom is 0.216 e. The van der Waals surface area contributed by atoms with E-state index < -0.39 is 0 Å². The topological polar surface area (TPSA) is 81.3 Å². The summed E-state index contributed by atoms with van der Waals surface area (Å²) in [6.07, 6.45) is 2.36. The van der Waals surface area contributed by atoms with Gasteiger partial charge in [0.25, 0.3) is 0 Å². The van der Waals surface area contributed by atoms with E-state index in [1.54, 1.807) is 6.07 Å². The van der Waals surface area contributed by atoms with Gasteiger partial charge in [0.1, 0.15) is 6.33 Å². The van der Waals surface area contributed by atoms with Crippen LogP contribution in [-0.2, 0) is 0 Å². The molecule has 0 radical (unpaired) electrons. The Kier molecular flexibility index (Phi) is 5.00. The van der Waals surface area contributed by atoms with Gasteiger partial charge in [0.05, 0.1) is 18.9 Å². The van der Waals surface area contributed by atoms with Crippen LogP contribution in [0.4, 0.5) is 0 Å². The van der Waals surface area contributed by atoms with E-state index in [0.717, 1.165) is 12.1 Å². The van der Waals surface area contributed by atoms with E-state index in [1.807, 2.05) is 6.92 Å². The lowest BCUT2D eigenvalue weighted by Crippen LogP contribution is -2.17. The molecular weight excluding hydrogens is 194 g/mol. The van der Waals surface area contributed by atoms with Crippen LogP contribution in [0, 0.1) is 0 Å². The smallest absolute Gasteiger partial charge is 0.216 e. The van der Waals surface area contributed by atoms with E-state index in [4.69, 9.17) is 15.6 Å². The highest BCUT2D eigenvalue weighted by atomic mass is 16.5. The molecule has 1 heterocycles. The second-order valence-electron chi connectivity index (χ2n) is 3.24. The van der Waals surface area contributed by atoms with Crippen molar-refractivity contribution in [3.05, 3.63) is 18.1 Å². The van der Waals surface area contributed by atoms with Gasteiger partial charge in [-0.25, -0.2) is 9.97 Å². The zero-order valence-corrected chi connectivity index (χ0v) is 8.89. The molecule has 0 aromatic carbocycles. The molecule has 5 heteroatoms. The standard InChI is InChI=1S/C10H17N3O2/c1-2-3-15-10-4-9(12-7-13-10)8(5-11)6-14/h4,7-8,14H,2-3,5-6,11H2,1H3. The number of ether oxygens (including phenoxy) is 1. The Bertz CT molecular complexity index is 290. The fourth-order valence-electron chi connectivity index (χ4n) is 1.15. The van der Waals surface area contributed by atoms with E-state index in [-0.39, 0.29) is 12.5 Å². The van der Waals surface area contributed by atoms with Crippen molar-refractivity contribution < 1.29 is 9.84 Å². The van der Waals surface area contributed by atoms with Gasteiger partial charge in [-0.2, -0.15) is 0 Å². The van der Waals surface area contributed by atoms with E-state index in [9.17, 15) is 0 Å². The van der Waals surface area contributed by atoms with Crippen molar-refractivity contribution >= 4 is 0 Å². The Morgan fingerprint density at radius 3 is 2.93 bits per heavy atom. The molecule has 3 N–H and O–H groups in total. The number of hydrogen-bond donors (Lipinski definition) is 2. The first-order chi connectivity index (χ1) is 7.31. The number of aliphatic hydroxyl groups excluding tert-OH is 1. The summed E-state index contributed by atoms with van der Waals surface area (Å²) in [5.41, 5.74) is 6.23. The van der Waals surface area contributed by atoms with Crippen molar-refractivity contribution in [2.75, 3.05) is 19.8 Å². The number of nitrogens with two attached hydrogens (primary N) is 1. The van der Waals surface area contributed by atoms with Gasteiger partial charge < -0.3 is 15.6 Å². The van der Waals surface area contributed by atoms with Gasteiger partial charge in [0, 0.05) is 18.5 Å². The van der Waals surface area contributed by atoms with E-state index in [1.165, 1.54) is 6.33 Å². The molecule has 0 aliphatic heterocycles. The maximum absolute atomic E-state index is 9.07. The number of hydrogen-bond acceptors (Lipinski definition) is 5. The number of nitrogens with zero attached hydrogens (tertiary/aromatic N) is 2. The van der Waals surface area contributed by atoms with E-state index >= 15 is 0 Å². The van der Waals surface area contributed by atoms with E-state index in [2.05, 4.69) is 9.97 Å². The average molecular weight is 211 g/mol. The van der Waals surface area contributed by atoms with Crippen molar-refractivity contribution in [3.8, 4) is 5.88 Å². The predicted octanol–water partition coefficient (Wildman–Crippen LogP) is 0.300. The highest BCUT2D eigenvalue weighted by molar-refractivity contribution is 5.17. The largest absolute Gasteiger partial charge is 0.478 e. The van der Waals surface area contributed by atoms with Crippen molar-refractivity contribution in [1.29, 1.82) is 0 Å². The summed E-state index contributed by atoms with van der Waals surface area (Å²) in [7, 11) is 0. The molecule has 1 aromatic heterocycles. The Morgan fingerprint density at radius 2 is 2.33 bits per heavy atom. The molecular formula is C10H17N3O2. The molecule has 1 unspecified atom stereocenters. The van der Waals surface area contributed by atoms with Gasteiger partial charge in [-0.1, -0.05) is 6.92 Å². The second-order valence-corrected chi connectivity index (χ2v) is 3.24. The van der Waals surface area contributed by atoms with E-state index in [0.29, 0.717) is 19.0 Å². The lowest BCUT2D eigenvalue weighted by atomic mass is 10.1. The molecule has 0 saturated heterocycles. The summed E-state index contributed by atoms with van der Waals surface area (Å²) >= 11 is 0. The maximum atomic E-state index is 9.07. The van der Waals surface area contributed by atoms with Crippen LogP contribution in [-0.4, -0.2) is 34.8 Å². The fourth-order valence-corrected chi connectivity index (χ4v) is 1.15. The number of aromatic nitrogens is 2. The minimum atomic E-state index is -0.142. The Balaban J connectivity index is 2.72. The normalized spacial score (nSPS) is 12.5. The summed E-state index contributed by atoms with van der Waals surface area (Å²) in [6.45, 7) is 3.00. The molecule has 15 heavy (non-hydrogen) atoms. The van der Waals surface area contributed by atoms with Crippen LogP contribution in [0.15, 0.2) is 12.4 Å². The van der Waals surface area contributed by atoms with Crippen LogP contribution in [0.3, 0.4) is 0 Å². The van der Waals surface area contributed by atoms with Gasteiger partial charge in [-0.05, 0) is 6.42 Å². The number of rotatable bonds is 6. The van der Waals surface area contributed by atoms with Crippen molar-refractivity contribution in [1.82, 2.24) is 9.97 Å². The zero-order valence-electron chi connectivity index (χ0n) is 8.89. The summed E-state index contributed by atoms with van der Waals surface area (Å²) in [5.74, 6) is 0.394. The van der Waals surface area contributed by atoms with Gasteiger partial charge in [0.2, 0.25) is 5.88 Å². The Hall–Kier alpha value is -1.20. The molecule has 0 fully saturated rings. The molecule has 0 aliphatic rings. The first kappa shape index (κ1) is 11.9. The van der Waals surface area contributed by atoms with Gasteiger partial charge in [0.15, 0.2) is 0 Å². The molecule has 5 nitrogen and oxygen atoms in total. The molecule has 1 rings (SSSR count). The molecule has 0 amide bonds. The van der Waals surface area contributed by atoms with Crippen LogP contribution in [0.25, 0.3) is 0 Å². The quantitative estimate of drug-likeness (QED) is 0.707. The molecule has 0 bridgehead atoms. The Labute approximate surface area is 89.3 Å². The first-order valence-electron chi connectivity index (χ1n) is 5.07. The summed E-state index contributed by atoms with van der Waals surface area (Å²) in [4.78, 5) is 8.03. The zero-order chi connectivity index (χ0) is 11.1. The van der Waals surface area contributed by atoms with Crippen LogP contribution >= 0.6 is 0 Å². The molecule has 0 saturated carbocycles. The third kappa shape index (κ3) is 3.45. The van der Waals surface area contributed by atoms with Crippen LogP contribution in [0.5, 0.6) is 5.88 Å². The van der Waals surface area contributed by atoms with Crippen molar-refractivity contribution in [2.45, 2.75) is 19.3 Å². The Morgan fingerprint density at radius 1 is 1.53 bits per heavy atom. The first-order valence-corrected chi connectivity index (χ1v) is 5.07.